The van der Waals surface area contributed by atoms with Crippen molar-refractivity contribution in [1.29, 1.82) is 0 Å². The predicted molar refractivity (Wildman–Crippen MR) is 109 cm³/mol. The van der Waals surface area contributed by atoms with Gasteiger partial charge in [-0.05, 0) is 54.4 Å². The zero-order valence-corrected chi connectivity index (χ0v) is 15.1. The van der Waals surface area contributed by atoms with E-state index in [9.17, 15) is 9.59 Å². The summed E-state index contributed by atoms with van der Waals surface area (Å²) < 4.78 is 0. The molecule has 0 saturated heterocycles. The molecule has 0 saturated carbocycles. The summed E-state index contributed by atoms with van der Waals surface area (Å²) in [7, 11) is 0. The Labute approximate surface area is 158 Å². The number of nitrogens with one attached hydrogen (secondary N) is 1. The highest BCUT2D eigenvalue weighted by Gasteiger charge is 2.25. The Morgan fingerprint density at radius 3 is 2.11 bits per heavy atom. The van der Waals surface area contributed by atoms with Crippen LogP contribution in [0.25, 0.3) is 0 Å². The average molecular weight is 359 g/mol. The van der Waals surface area contributed by atoms with Crippen molar-refractivity contribution in [2.75, 3.05) is 16.0 Å². The second-order valence-corrected chi connectivity index (χ2v) is 6.03. The predicted octanol–water partition coefficient (Wildman–Crippen LogP) is 4.13. The van der Waals surface area contributed by atoms with Crippen LogP contribution in [-0.4, -0.2) is 11.8 Å². The molecule has 0 aliphatic heterocycles. The molecule has 136 valence electrons. The van der Waals surface area contributed by atoms with Crippen LogP contribution in [0, 0.1) is 0 Å². The van der Waals surface area contributed by atoms with Gasteiger partial charge in [-0.15, -0.1) is 0 Å². The SMILES string of the molecule is CCc1ccccc1NC(=O)C(=O)N(c1ccccc1)c1ccc(N)cc1. The fraction of sp³-hybridized carbons (Fsp3) is 0.0909. The van der Waals surface area contributed by atoms with Gasteiger partial charge in [-0.2, -0.15) is 0 Å². The number of aryl methyl sites for hydroxylation is 1. The van der Waals surface area contributed by atoms with Gasteiger partial charge in [0, 0.05) is 22.7 Å². The van der Waals surface area contributed by atoms with E-state index >= 15 is 0 Å². The minimum absolute atomic E-state index is 0.569. The molecule has 2 amide bonds. The molecule has 0 atom stereocenters. The maximum atomic E-state index is 13.0. The van der Waals surface area contributed by atoms with E-state index in [0.29, 0.717) is 22.7 Å². The van der Waals surface area contributed by atoms with E-state index in [1.165, 1.54) is 4.90 Å². The van der Waals surface area contributed by atoms with Crippen LogP contribution >= 0.6 is 0 Å². The summed E-state index contributed by atoms with van der Waals surface area (Å²) in [5.74, 6) is -1.37. The third-order valence-corrected chi connectivity index (χ3v) is 4.21. The van der Waals surface area contributed by atoms with Crippen molar-refractivity contribution in [2.45, 2.75) is 13.3 Å². The molecular weight excluding hydrogens is 338 g/mol. The van der Waals surface area contributed by atoms with Gasteiger partial charge in [0.2, 0.25) is 0 Å². The molecule has 0 aromatic heterocycles. The van der Waals surface area contributed by atoms with Crippen molar-refractivity contribution < 1.29 is 9.59 Å². The number of anilines is 4. The molecule has 0 aliphatic rings. The van der Waals surface area contributed by atoms with Gasteiger partial charge in [-0.3, -0.25) is 14.5 Å². The largest absolute Gasteiger partial charge is 0.399 e. The van der Waals surface area contributed by atoms with E-state index in [1.54, 1.807) is 42.5 Å². The minimum atomic E-state index is -0.698. The lowest BCUT2D eigenvalue weighted by atomic mass is 10.1. The lowest BCUT2D eigenvalue weighted by Gasteiger charge is -2.23. The first-order valence-electron chi connectivity index (χ1n) is 8.74. The van der Waals surface area contributed by atoms with Gasteiger partial charge in [-0.25, -0.2) is 0 Å². The number of nitrogens with zero attached hydrogens (tertiary/aromatic N) is 1. The first-order valence-corrected chi connectivity index (χ1v) is 8.74. The Morgan fingerprint density at radius 2 is 1.44 bits per heavy atom. The molecule has 5 nitrogen and oxygen atoms in total. The zero-order chi connectivity index (χ0) is 19.2. The Hall–Kier alpha value is -3.60. The number of amides is 2. The van der Waals surface area contributed by atoms with Gasteiger partial charge in [0.25, 0.3) is 0 Å². The second kappa shape index (κ2) is 8.19. The number of carbonyl (C=O) groups excluding carboxylic acids is 2. The van der Waals surface area contributed by atoms with Crippen LogP contribution in [0.2, 0.25) is 0 Å². The molecule has 0 heterocycles. The van der Waals surface area contributed by atoms with E-state index in [2.05, 4.69) is 5.32 Å². The van der Waals surface area contributed by atoms with Gasteiger partial charge >= 0.3 is 11.8 Å². The summed E-state index contributed by atoms with van der Waals surface area (Å²) in [5, 5.41) is 2.74. The summed E-state index contributed by atoms with van der Waals surface area (Å²) >= 11 is 0. The summed E-state index contributed by atoms with van der Waals surface area (Å²) in [6.07, 6.45) is 0.755. The first kappa shape index (κ1) is 18.2. The van der Waals surface area contributed by atoms with Crippen LogP contribution in [-0.2, 0) is 16.0 Å². The number of carbonyl (C=O) groups is 2. The van der Waals surface area contributed by atoms with Crippen molar-refractivity contribution in [3.63, 3.8) is 0 Å². The van der Waals surface area contributed by atoms with Gasteiger partial charge in [-0.1, -0.05) is 43.3 Å². The smallest absolute Gasteiger partial charge is 0.321 e. The molecule has 0 radical (unpaired) electrons. The van der Waals surface area contributed by atoms with Gasteiger partial charge in [0.05, 0.1) is 0 Å². The van der Waals surface area contributed by atoms with E-state index in [0.717, 1.165) is 12.0 Å². The van der Waals surface area contributed by atoms with Crippen molar-refractivity contribution in [3.8, 4) is 0 Å². The molecule has 0 bridgehead atoms. The minimum Gasteiger partial charge on any atom is -0.399 e. The van der Waals surface area contributed by atoms with Crippen LogP contribution in [0.3, 0.4) is 0 Å². The van der Waals surface area contributed by atoms with E-state index in [-0.39, 0.29) is 0 Å². The van der Waals surface area contributed by atoms with Crippen molar-refractivity contribution in [1.82, 2.24) is 0 Å². The monoisotopic (exact) mass is 359 g/mol. The maximum absolute atomic E-state index is 13.0. The Bertz CT molecular complexity index is 937. The summed E-state index contributed by atoms with van der Waals surface area (Å²) in [6.45, 7) is 2.00. The van der Waals surface area contributed by atoms with Crippen LogP contribution in [0.5, 0.6) is 0 Å². The first-order chi connectivity index (χ1) is 13.1. The Balaban J connectivity index is 1.93. The van der Waals surface area contributed by atoms with E-state index in [1.807, 2.05) is 43.3 Å². The van der Waals surface area contributed by atoms with Crippen molar-refractivity contribution >= 4 is 34.6 Å². The van der Waals surface area contributed by atoms with Crippen LogP contribution in [0.4, 0.5) is 22.7 Å². The molecule has 0 aliphatic carbocycles. The molecule has 0 fully saturated rings. The number of nitrogen functional groups attached to an aromatic ring is 1. The average Bonchev–Trinajstić information content (AvgIpc) is 2.70. The van der Waals surface area contributed by atoms with E-state index < -0.39 is 11.8 Å². The molecular formula is C22H21N3O2. The number of nitrogens with two attached hydrogens (primary N) is 1. The molecule has 3 aromatic rings. The van der Waals surface area contributed by atoms with Gasteiger partial charge < -0.3 is 11.1 Å². The molecule has 0 unspecified atom stereocenters. The number of para-hydroxylation sites is 2. The topological polar surface area (TPSA) is 75.4 Å². The fourth-order valence-electron chi connectivity index (χ4n) is 2.81. The van der Waals surface area contributed by atoms with E-state index in [4.69, 9.17) is 5.73 Å². The third-order valence-electron chi connectivity index (χ3n) is 4.21. The van der Waals surface area contributed by atoms with Crippen LogP contribution in [0.15, 0.2) is 78.9 Å². The zero-order valence-electron chi connectivity index (χ0n) is 15.1. The Kier molecular flexibility index (Phi) is 5.52. The summed E-state index contributed by atoms with van der Waals surface area (Å²) in [4.78, 5) is 27.1. The highest BCUT2D eigenvalue weighted by atomic mass is 16.2. The quantitative estimate of drug-likeness (QED) is 0.543. The number of benzene rings is 3. The van der Waals surface area contributed by atoms with Crippen molar-refractivity contribution in [3.05, 3.63) is 84.4 Å². The number of hydrogen-bond acceptors (Lipinski definition) is 3. The fourth-order valence-corrected chi connectivity index (χ4v) is 2.81. The lowest BCUT2D eigenvalue weighted by molar-refractivity contribution is -0.134. The lowest BCUT2D eigenvalue weighted by Crippen LogP contribution is -2.37. The van der Waals surface area contributed by atoms with Crippen LogP contribution in [0.1, 0.15) is 12.5 Å². The van der Waals surface area contributed by atoms with Crippen molar-refractivity contribution in [2.24, 2.45) is 0 Å². The molecule has 3 N–H and O–H groups in total. The molecule has 3 rings (SSSR count). The molecule has 5 heteroatoms. The number of rotatable bonds is 4. The number of hydrogen-bond donors (Lipinski definition) is 2. The highest BCUT2D eigenvalue weighted by Crippen LogP contribution is 2.27. The molecule has 3 aromatic carbocycles. The third kappa shape index (κ3) is 4.15. The highest BCUT2D eigenvalue weighted by molar-refractivity contribution is 6.45. The second-order valence-electron chi connectivity index (χ2n) is 6.03. The summed E-state index contributed by atoms with van der Waals surface area (Å²) in [6, 6.07) is 23.3. The van der Waals surface area contributed by atoms with Crippen LogP contribution < -0.4 is 16.0 Å². The Morgan fingerprint density at radius 1 is 0.852 bits per heavy atom. The molecule has 0 spiro atoms. The standard InChI is InChI=1S/C22H21N3O2/c1-2-16-8-6-7-11-20(16)24-21(26)22(27)25(18-9-4-3-5-10-18)19-14-12-17(23)13-15-19/h3-15H,2,23H2,1H3,(H,24,26). The maximum Gasteiger partial charge on any atom is 0.321 e. The summed E-state index contributed by atoms with van der Waals surface area (Å²) in [5.41, 5.74) is 9.12. The van der Waals surface area contributed by atoms with Gasteiger partial charge in [0.15, 0.2) is 0 Å². The molecule has 27 heavy (non-hydrogen) atoms. The normalized spacial score (nSPS) is 10.3. The van der Waals surface area contributed by atoms with Gasteiger partial charge in [0.1, 0.15) is 0 Å².